The summed E-state index contributed by atoms with van der Waals surface area (Å²) in [4.78, 5) is 28.0. The highest BCUT2D eigenvalue weighted by Crippen LogP contribution is 2.38. The minimum atomic E-state index is -0.351. The number of hydrogen-bond donors (Lipinski definition) is 2. The average molecular weight is 969 g/mol. The summed E-state index contributed by atoms with van der Waals surface area (Å²) in [7, 11) is 0. The molecule has 0 aliphatic rings. The van der Waals surface area contributed by atoms with Crippen LogP contribution in [0.3, 0.4) is 0 Å². The van der Waals surface area contributed by atoms with Crippen molar-refractivity contribution in [2.75, 3.05) is 92.5 Å². The number of aromatic nitrogens is 6. The van der Waals surface area contributed by atoms with Crippen LogP contribution in [0.2, 0.25) is 0 Å². The van der Waals surface area contributed by atoms with E-state index in [1.165, 1.54) is 9.59 Å². The molecule has 0 atom stereocenters. The number of benzene rings is 4. The van der Waals surface area contributed by atoms with Crippen molar-refractivity contribution >= 4 is 34.0 Å². The Morgan fingerprint density at radius 3 is 0.986 bits per heavy atom. The lowest BCUT2D eigenvalue weighted by Gasteiger charge is -2.23. The number of nitrogens with zero attached hydrogens (tertiary/aromatic N) is 6. The normalized spacial score (nSPS) is 12.0. The zero-order chi connectivity index (χ0) is 49.9. The third-order valence-corrected chi connectivity index (χ3v) is 11.0. The van der Waals surface area contributed by atoms with Crippen molar-refractivity contribution in [1.82, 2.24) is 30.0 Å². The topological polar surface area (TPSA) is 210 Å². The second-order valence-corrected chi connectivity index (χ2v) is 18.6. The highest BCUT2D eigenvalue weighted by Gasteiger charge is 2.25. The van der Waals surface area contributed by atoms with E-state index in [2.05, 4.69) is 20.4 Å². The van der Waals surface area contributed by atoms with E-state index in [1.54, 1.807) is 0 Å². The quantitative estimate of drug-likeness (QED) is 0.0361. The fourth-order valence-electron chi connectivity index (χ4n) is 7.29. The molecule has 18 heteroatoms. The Morgan fingerprint density at radius 2 is 0.714 bits per heavy atom. The van der Waals surface area contributed by atoms with Gasteiger partial charge >= 0.3 is 11.9 Å². The van der Waals surface area contributed by atoms with Crippen molar-refractivity contribution in [1.29, 1.82) is 0 Å². The molecule has 0 aliphatic heterocycles. The van der Waals surface area contributed by atoms with Crippen LogP contribution in [0.5, 0.6) is 11.5 Å². The smallest absolute Gasteiger partial charge is 0.306 e. The van der Waals surface area contributed by atoms with Crippen molar-refractivity contribution in [3.63, 3.8) is 0 Å². The van der Waals surface area contributed by atoms with Crippen LogP contribution >= 0.6 is 0 Å². The van der Waals surface area contributed by atoms with E-state index < -0.39 is 0 Å². The van der Waals surface area contributed by atoms with Crippen LogP contribution in [0.25, 0.3) is 33.4 Å². The zero-order valence-electron chi connectivity index (χ0n) is 41.3. The van der Waals surface area contributed by atoms with E-state index in [0.29, 0.717) is 90.3 Å². The molecule has 0 aliphatic carbocycles. The molecule has 2 aromatic heterocycles. The summed E-state index contributed by atoms with van der Waals surface area (Å²) >= 11 is 0. The largest absolute Gasteiger partial charge is 0.505 e. The minimum absolute atomic E-state index is 0.110. The summed E-state index contributed by atoms with van der Waals surface area (Å²) in [5.41, 5.74) is 6.31. The number of esters is 2. The number of phenols is 2. The minimum Gasteiger partial charge on any atom is -0.505 e. The summed E-state index contributed by atoms with van der Waals surface area (Å²) in [5, 5.41) is 40.5. The van der Waals surface area contributed by atoms with Gasteiger partial charge in [0.15, 0.2) is 0 Å². The summed E-state index contributed by atoms with van der Waals surface area (Å²) in [6.45, 7) is 16.9. The van der Waals surface area contributed by atoms with E-state index in [-0.39, 0.29) is 73.5 Å². The number of carbonyl (C=O) groups is 2. The first kappa shape index (κ1) is 53.3. The molecule has 2 heterocycles. The maximum Gasteiger partial charge on any atom is 0.306 e. The SMILES string of the molecule is CC(C)(C)c1cc(CCC(=O)OCCOCCOCCOCCOCCOCCOCCOC(=O)CCc2cc(-n3nc4ccccc4n3)c(O)c(C(C)(C)C)c2)cc(-n2nc3ccccc3n2)c1O. The molecule has 0 spiro atoms. The maximum absolute atomic E-state index is 12.5. The lowest BCUT2D eigenvalue weighted by molar-refractivity contribution is -0.146. The number of rotatable bonds is 29. The van der Waals surface area contributed by atoms with Gasteiger partial charge in [0.25, 0.3) is 0 Å². The molecule has 4 aromatic carbocycles. The first-order valence-corrected chi connectivity index (χ1v) is 23.8. The van der Waals surface area contributed by atoms with Crippen LogP contribution in [0.4, 0.5) is 0 Å². The van der Waals surface area contributed by atoms with E-state index in [9.17, 15) is 19.8 Å². The van der Waals surface area contributed by atoms with Gasteiger partial charge in [0.2, 0.25) is 0 Å². The molecule has 378 valence electrons. The van der Waals surface area contributed by atoms with Crippen LogP contribution in [0.15, 0.2) is 72.8 Å². The lowest BCUT2D eigenvalue weighted by Crippen LogP contribution is -2.16. The Hall–Kier alpha value is -6.02. The molecule has 6 aromatic rings. The van der Waals surface area contributed by atoms with Crippen molar-refractivity contribution in [2.45, 2.75) is 78.1 Å². The van der Waals surface area contributed by atoms with Gasteiger partial charge in [-0.05, 0) is 71.2 Å². The van der Waals surface area contributed by atoms with Crippen molar-refractivity contribution in [2.24, 2.45) is 0 Å². The second-order valence-electron chi connectivity index (χ2n) is 18.6. The highest BCUT2D eigenvalue weighted by atomic mass is 16.6. The number of ether oxygens (including phenoxy) is 8. The Morgan fingerprint density at radius 1 is 0.443 bits per heavy atom. The molecule has 0 fully saturated rings. The first-order valence-electron chi connectivity index (χ1n) is 23.8. The van der Waals surface area contributed by atoms with Gasteiger partial charge in [-0.25, -0.2) is 0 Å². The predicted molar refractivity (Wildman–Crippen MR) is 262 cm³/mol. The molecule has 2 N–H and O–H groups in total. The number of hydrogen-bond acceptors (Lipinski definition) is 16. The summed E-state index contributed by atoms with van der Waals surface area (Å²) in [5.74, 6) is -0.460. The van der Waals surface area contributed by atoms with E-state index >= 15 is 0 Å². The predicted octanol–water partition coefficient (Wildman–Crippen LogP) is 6.91. The van der Waals surface area contributed by atoms with Crippen LogP contribution in [0, 0.1) is 0 Å². The van der Waals surface area contributed by atoms with Crippen molar-refractivity contribution in [3.05, 3.63) is 95.1 Å². The summed E-state index contributed by atoms with van der Waals surface area (Å²) in [6, 6.07) is 22.5. The van der Waals surface area contributed by atoms with Crippen molar-refractivity contribution < 1.29 is 57.7 Å². The molecule has 0 amide bonds. The standard InChI is InChI=1S/C52H68N6O12/c1-51(2,3)39-33-37(35-45(49(39)61)57-53-41-11-7-8-12-42(41)54-57)15-17-47(59)69-31-29-67-27-25-65-23-21-63-19-20-64-22-24-66-26-28-68-30-32-70-48(60)18-16-38-34-40(52(4,5)6)50(62)46(36-38)58-55-43-13-9-10-14-44(43)56-58/h7-14,33-36,61-62H,15-32H2,1-6H3. The van der Waals surface area contributed by atoms with Crippen molar-refractivity contribution in [3.8, 4) is 22.9 Å². The zero-order valence-corrected chi connectivity index (χ0v) is 41.3. The molecule has 18 nitrogen and oxygen atoms in total. The second kappa shape index (κ2) is 26.3. The number of fused-ring (bicyclic) bond motifs is 2. The Bertz CT molecular complexity index is 2360. The van der Waals surface area contributed by atoms with Crippen LogP contribution in [0.1, 0.15) is 76.6 Å². The molecule has 0 bridgehead atoms. The molecule has 70 heavy (non-hydrogen) atoms. The monoisotopic (exact) mass is 968 g/mol. The Balaban J connectivity index is 0.713. The van der Waals surface area contributed by atoms with Gasteiger partial charge in [0, 0.05) is 24.0 Å². The van der Waals surface area contributed by atoms with Gasteiger partial charge in [-0.2, -0.15) is 0 Å². The lowest BCUT2D eigenvalue weighted by atomic mass is 9.84. The van der Waals surface area contributed by atoms with Gasteiger partial charge in [-0.3, -0.25) is 9.59 Å². The van der Waals surface area contributed by atoms with Gasteiger partial charge < -0.3 is 48.1 Å². The van der Waals surface area contributed by atoms with E-state index in [0.717, 1.165) is 44.3 Å². The number of phenolic OH excluding ortho intramolecular Hbond substituents is 2. The van der Waals surface area contributed by atoms with Gasteiger partial charge in [0.05, 0.1) is 79.3 Å². The fourth-order valence-corrected chi connectivity index (χ4v) is 7.29. The molecule has 0 unspecified atom stereocenters. The number of carbonyl (C=O) groups excluding carboxylic acids is 2. The average Bonchev–Trinajstić information content (AvgIpc) is 3.97. The summed E-state index contributed by atoms with van der Waals surface area (Å²) in [6.07, 6.45) is 1.19. The maximum atomic E-state index is 12.5. The third-order valence-electron chi connectivity index (χ3n) is 11.0. The number of aromatic hydroxyl groups is 2. The molecule has 6 rings (SSSR count). The van der Waals surface area contributed by atoms with Gasteiger partial charge in [-0.1, -0.05) is 77.9 Å². The molecular weight excluding hydrogens is 901 g/mol. The molecule has 0 saturated carbocycles. The third kappa shape index (κ3) is 16.3. The number of aryl methyl sites for hydroxylation is 2. The Labute approximate surface area is 409 Å². The summed E-state index contributed by atoms with van der Waals surface area (Å²) < 4.78 is 44.0. The van der Waals surface area contributed by atoms with Crippen LogP contribution in [-0.4, -0.2) is 145 Å². The molecule has 0 radical (unpaired) electrons. The van der Waals surface area contributed by atoms with Crippen LogP contribution < -0.4 is 0 Å². The first-order chi connectivity index (χ1) is 33.7. The van der Waals surface area contributed by atoms with Crippen LogP contribution in [-0.2, 0) is 71.2 Å². The highest BCUT2D eigenvalue weighted by molar-refractivity contribution is 5.75. The van der Waals surface area contributed by atoms with Gasteiger partial charge in [-0.15, -0.1) is 30.0 Å². The fraction of sp³-hybridized carbons (Fsp3) is 0.500. The van der Waals surface area contributed by atoms with E-state index in [4.69, 9.17) is 37.9 Å². The Kier molecular flexibility index (Phi) is 20.0. The molecule has 0 saturated heterocycles. The van der Waals surface area contributed by atoms with E-state index in [1.807, 2.05) is 114 Å². The van der Waals surface area contributed by atoms with Gasteiger partial charge in [0.1, 0.15) is 58.2 Å². The molecular formula is C52H68N6O12.